The second kappa shape index (κ2) is 7.65. The van der Waals surface area contributed by atoms with Crippen molar-refractivity contribution in [2.45, 2.75) is 5.22 Å². The summed E-state index contributed by atoms with van der Waals surface area (Å²) in [5, 5.41) is 11.7. The summed E-state index contributed by atoms with van der Waals surface area (Å²) in [6.07, 6.45) is 3.27. The van der Waals surface area contributed by atoms with Crippen molar-refractivity contribution < 1.29 is 9.21 Å². The molecule has 6 nitrogen and oxygen atoms in total. The minimum absolute atomic E-state index is 0.0980. The zero-order chi connectivity index (χ0) is 16.9. The summed E-state index contributed by atoms with van der Waals surface area (Å²) in [5.74, 6) is 0.215. The van der Waals surface area contributed by atoms with Gasteiger partial charge in [-0.05, 0) is 30.3 Å². The summed E-state index contributed by atoms with van der Waals surface area (Å²) in [7, 11) is 0. The number of rotatable bonds is 5. The van der Waals surface area contributed by atoms with Gasteiger partial charge in [-0.3, -0.25) is 9.78 Å². The van der Waals surface area contributed by atoms with Gasteiger partial charge < -0.3 is 9.73 Å². The van der Waals surface area contributed by atoms with Crippen LogP contribution in [0.1, 0.15) is 0 Å². The van der Waals surface area contributed by atoms with E-state index in [1.807, 2.05) is 0 Å². The fourth-order valence-electron chi connectivity index (χ4n) is 1.79. The molecule has 1 N–H and O–H groups in total. The van der Waals surface area contributed by atoms with Crippen LogP contribution < -0.4 is 5.32 Å². The van der Waals surface area contributed by atoms with E-state index in [4.69, 9.17) is 27.6 Å². The third-order valence-electron chi connectivity index (χ3n) is 2.86. The number of amides is 1. The zero-order valence-corrected chi connectivity index (χ0v) is 14.4. The number of pyridine rings is 1. The number of aromatic nitrogens is 3. The molecule has 0 fully saturated rings. The monoisotopic (exact) mass is 380 g/mol. The van der Waals surface area contributed by atoms with Gasteiger partial charge in [-0.1, -0.05) is 35.0 Å². The van der Waals surface area contributed by atoms with Crippen molar-refractivity contribution in [3.63, 3.8) is 0 Å². The Balaban J connectivity index is 1.59. The molecule has 0 atom stereocenters. The molecule has 3 aromatic rings. The van der Waals surface area contributed by atoms with E-state index in [0.29, 0.717) is 26.8 Å². The molecule has 0 saturated heterocycles. The minimum Gasteiger partial charge on any atom is -0.411 e. The molecule has 24 heavy (non-hydrogen) atoms. The normalized spacial score (nSPS) is 10.6. The molecule has 0 spiro atoms. The average molecular weight is 381 g/mol. The number of carbonyl (C=O) groups excluding carboxylic acids is 1. The quantitative estimate of drug-likeness (QED) is 0.668. The van der Waals surface area contributed by atoms with E-state index < -0.39 is 0 Å². The number of nitrogens with one attached hydrogen (secondary N) is 1. The standard InChI is InChI=1S/C15H10Cl2N4O2S/c16-10-1-2-11(17)12(7-10)19-13(22)8-24-15-21-20-14(23-15)9-3-5-18-6-4-9/h1-7H,8H2,(H,19,22). The summed E-state index contributed by atoms with van der Waals surface area (Å²) >= 11 is 13.0. The topological polar surface area (TPSA) is 80.9 Å². The third-order valence-corrected chi connectivity index (χ3v) is 4.25. The fourth-order valence-corrected chi connectivity index (χ4v) is 2.69. The van der Waals surface area contributed by atoms with Crippen molar-refractivity contribution in [1.82, 2.24) is 15.2 Å². The molecule has 1 amide bonds. The maximum atomic E-state index is 12.0. The van der Waals surface area contributed by atoms with Crippen LogP contribution in [0.2, 0.25) is 10.0 Å². The number of carbonyl (C=O) groups is 1. The molecule has 1 aromatic carbocycles. The lowest BCUT2D eigenvalue weighted by Gasteiger charge is -2.06. The smallest absolute Gasteiger partial charge is 0.277 e. The average Bonchev–Trinajstić information content (AvgIpc) is 3.06. The second-order valence-electron chi connectivity index (χ2n) is 4.57. The van der Waals surface area contributed by atoms with Crippen LogP contribution in [0.15, 0.2) is 52.4 Å². The molecular formula is C15H10Cl2N4O2S. The summed E-state index contributed by atoms with van der Waals surface area (Å²) in [5.41, 5.74) is 1.22. The number of benzene rings is 1. The maximum Gasteiger partial charge on any atom is 0.277 e. The zero-order valence-electron chi connectivity index (χ0n) is 12.1. The Kier molecular flexibility index (Phi) is 5.34. The number of hydrogen-bond acceptors (Lipinski definition) is 6. The Morgan fingerprint density at radius 1 is 1.17 bits per heavy atom. The number of thioether (sulfide) groups is 1. The lowest BCUT2D eigenvalue weighted by atomic mass is 10.3. The molecule has 0 aliphatic rings. The fraction of sp³-hybridized carbons (Fsp3) is 0.0667. The largest absolute Gasteiger partial charge is 0.411 e. The van der Waals surface area contributed by atoms with E-state index in [2.05, 4.69) is 20.5 Å². The Hall–Kier alpha value is -2.09. The lowest BCUT2D eigenvalue weighted by molar-refractivity contribution is -0.113. The molecule has 122 valence electrons. The van der Waals surface area contributed by atoms with Crippen LogP contribution in [0.25, 0.3) is 11.5 Å². The second-order valence-corrected chi connectivity index (χ2v) is 6.34. The molecule has 2 heterocycles. The molecule has 0 unspecified atom stereocenters. The molecule has 0 saturated carbocycles. The van der Waals surface area contributed by atoms with Crippen molar-refractivity contribution in [3.05, 3.63) is 52.8 Å². The van der Waals surface area contributed by atoms with Gasteiger partial charge in [0.15, 0.2) is 0 Å². The Morgan fingerprint density at radius 3 is 2.75 bits per heavy atom. The predicted molar refractivity (Wildman–Crippen MR) is 93.3 cm³/mol. The highest BCUT2D eigenvalue weighted by molar-refractivity contribution is 7.99. The van der Waals surface area contributed by atoms with Gasteiger partial charge in [0.1, 0.15) is 0 Å². The van der Waals surface area contributed by atoms with Gasteiger partial charge in [0.2, 0.25) is 11.8 Å². The number of nitrogens with zero attached hydrogens (tertiary/aromatic N) is 3. The molecule has 0 bridgehead atoms. The highest BCUT2D eigenvalue weighted by atomic mass is 35.5. The van der Waals surface area contributed by atoms with Crippen LogP contribution in [0, 0.1) is 0 Å². The van der Waals surface area contributed by atoms with Gasteiger partial charge in [0.25, 0.3) is 5.22 Å². The van der Waals surface area contributed by atoms with E-state index in [1.165, 1.54) is 0 Å². The number of hydrogen-bond donors (Lipinski definition) is 1. The molecule has 9 heteroatoms. The number of halogens is 2. The van der Waals surface area contributed by atoms with Gasteiger partial charge in [0.05, 0.1) is 16.5 Å². The number of anilines is 1. The molecule has 0 aliphatic heterocycles. The van der Waals surface area contributed by atoms with Crippen LogP contribution in [-0.4, -0.2) is 26.8 Å². The van der Waals surface area contributed by atoms with Gasteiger partial charge in [-0.25, -0.2) is 0 Å². The van der Waals surface area contributed by atoms with Crippen molar-refractivity contribution in [3.8, 4) is 11.5 Å². The van der Waals surface area contributed by atoms with E-state index in [-0.39, 0.29) is 11.7 Å². The summed E-state index contributed by atoms with van der Waals surface area (Å²) in [4.78, 5) is 15.9. The van der Waals surface area contributed by atoms with Crippen LogP contribution in [0.3, 0.4) is 0 Å². The van der Waals surface area contributed by atoms with Crippen LogP contribution in [0.4, 0.5) is 5.69 Å². The van der Waals surface area contributed by atoms with Crippen LogP contribution in [-0.2, 0) is 4.79 Å². The molecular weight excluding hydrogens is 371 g/mol. The minimum atomic E-state index is -0.257. The van der Waals surface area contributed by atoms with Crippen molar-refractivity contribution in [2.75, 3.05) is 11.1 Å². The first-order valence-corrected chi connectivity index (χ1v) is 8.47. The predicted octanol–water partition coefficient (Wildman–Crippen LogP) is 4.17. The SMILES string of the molecule is O=C(CSc1nnc(-c2ccncc2)o1)Nc1cc(Cl)ccc1Cl. The first-order valence-electron chi connectivity index (χ1n) is 6.73. The molecule has 3 rings (SSSR count). The van der Waals surface area contributed by atoms with E-state index >= 15 is 0 Å². The Labute approximate surface area is 151 Å². The summed E-state index contributed by atoms with van der Waals surface area (Å²) in [6.45, 7) is 0. The third kappa shape index (κ3) is 4.25. The first kappa shape index (κ1) is 16.8. The van der Waals surface area contributed by atoms with E-state index in [0.717, 1.165) is 17.3 Å². The van der Waals surface area contributed by atoms with Crippen molar-refractivity contribution in [1.29, 1.82) is 0 Å². The van der Waals surface area contributed by atoms with Crippen molar-refractivity contribution in [2.24, 2.45) is 0 Å². The van der Waals surface area contributed by atoms with Gasteiger partial charge in [-0.2, -0.15) is 0 Å². The highest BCUT2D eigenvalue weighted by Crippen LogP contribution is 2.26. The summed E-state index contributed by atoms with van der Waals surface area (Å²) in [6, 6.07) is 8.37. The molecule has 0 aliphatic carbocycles. The molecule has 2 aromatic heterocycles. The summed E-state index contributed by atoms with van der Waals surface area (Å²) < 4.78 is 5.50. The van der Waals surface area contributed by atoms with Gasteiger partial charge >= 0.3 is 0 Å². The maximum absolute atomic E-state index is 12.0. The van der Waals surface area contributed by atoms with E-state index in [9.17, 15) is 4.79 Å². The van der Waals surface area contributed by atoms with Gasteiger partial charge in [0, 0.05) is 23.0 Å². The molecule has 0 radical (unpaired) electrons. The van der Waals surface area contributed by atoms with Crippen LogP contribution in [0.5, 0.6) is 0 Å². The Bertz CT molecular complexity index is 858. The van der Waals surface area contributed by atoms with Crippen molar-refractivity contribution >= 4 is 46.6 Å². The van der Waals surface area contributed by atoms with Gasteiger partial charge in [-0.15, -0.1) is 10.2 Å². The highest BCUT2D eigenvalue weighted by Gasteiger charge is 2.12. The Morgan fingerprint density at radius 2 is 1.96 bits per heavy atom. The van der Waals surface area contributed by atoms with E-state index in [1.54, 1.807) is 42.7 Å². The lowest BCUT2D eigenvalue weighted by Crippen LogP contribution is -2.14. The first-order chi connectivity index (χ1) is 11.6. The van der Waals surface area contributed by atoms with Crippen LogP contribution >= 0.6 is 35.0 Å².